The number of phenolic OH excluding ortho intramolecular Hbond substituents is 6. The minimum atomic E-state index is -2.20. The highest BCUT2D eigenvalue weighted by Gasteiger charge is 2.41. The van der Waals surface area contributed by atoms with E-state index >= 15 is 14.4 Å². The third-order valence-corrected chi connectivity index (χ3v) is 15.5. The van der Waals surface area contributed by atoms with Gasteiger partial charge in [-0.05, 0) is 112 Å². The number of ether oxygens (including phenoxy) is 3. The molecule has 452 valence electrons. The van der Waals surface area contributed by atoms with Crippen molar-refractivity contribution in [3.63, 3.8) is 0 Å². The summed E-state index contributed by atoms with van der Waals surface area (Å²) < 4.78 is 18.5. The van der Waals surface area contributed by atoms with Crippen molar-refractivity contribution in [3.05, 3.63) is 164 Å². The van der Waals surface area contributed by atoms with Gasteiger partial charge < -0.3 is 92.1 Å². The van der Waals surface area contributed by atoms with Crippen molar-refractivity contribution >= 4 is 64.6 Å². The maximum atomic E-state index is 15.7. The first-order valence-corrected chi connectivity index (χ1v) is 27.4. The van der Waals surface area contributed by atoms with Crippen molar-refractivity contribution in [2.75, 3.05) is 13.2 Å². The fraction of sp³-hybridized carbons (Fsp3) is 0.183. The summed E-state index contributed by atoms with van der Waals surface area (Å²) in [5, 5.41) is 118. The number of hydrogen-bond acceptors (Lipinski definition) is 19. The van der Waals surface area contributed by atoms with Gasteiger partial charge in [0.2, 0.25) is 41.2 Å². The van der Waals surface area contributed by atoms with E-state index < -0.39 is 166 Å². The SMILES string of the molecule is O=C1CNC(CO)c2ccc(O)c(c2)Oc2cc(O)cc(c2)C2NC(=O)C(Cc3ccc(c(Cl)c3)Oc3cc4cc(c3O)Oc3ccc(cc3Cl)C(O)C3NC(=O)C(NC(=O)C4NC2=O)c2ccc(O)c(c2)-c2c(O)cc(O)cc2C(C(=O)O)NC3=O)N1. The molecule has 0 aliphatic carbocycles. The second-order valence-electron chi connectivity index (χ2n) is 20.8. The molecule has 88 heavy (non-hydrogen) atoms. The zero-order valence-electron chi connectivity index (χ0n) is 45.1. The Bertz CT molecular complexity index is 4090. The second-order valence-corrected chi connectivity index (χ2v) is 21.6. The van der Waals surface area contributed by atoms with Crippen LogP contribution in [-0.2, 0) is 40.0 Å². The number of amides is 6. The van der Waals surface area contributed by atoms with Crippen LogP contribution in [0.25, 0.3) is 11.1 Å². The molecule has 13 rings (SSSR count). The molecule has 7 aromatic carbocycles. The monoisotopic (exact) mass is 1240 g/mol. The Morgan fingerprint density at radius 1 is 0.523 bits per heavy atom. The summed E-state index contributed by atoms with van der Waals surface area (Å²) in [6.07, 6.45) is -2.47. The van der Waals surface area contributed by atoms with Gasteiger partial charge >= 0.3 is 5.97 Å². The van der Waals surface area contributed by atoms with Crippen molar-refractivity contribution in [1.82, 2.24) is 37.2 Å². The van der Waals surface area contributed by atoms with Gasteiger partial charge in [-0.1, -0.05) is 47.5 Å². The minimum Gasteiger partial charge on any atom is -0.508 e. The Labute approximate surface area is 505 Å². The van der Waals surface area contributed by atoms with Crippen LogP contribution < -0.4 is 51.4 Å². The van der Waals surface area contributed by atoms with Gasteiger partial charge in [0.1, 0.15) is 76.6 Å². The summed E-state index contributed by atoms with van der Waals surface area (Å²) in [4.78, 5) is 103. The Balaban J connectivity index is 1.14. The Morgan fingerprint density at radius 3 is 1.78 bits per heavy atom. The number of phenols is 6. The van der Waals surface area contributed by atoms with E-state index in [9.17, 15) is 65.1 Å². The maximum absolute atomic E-state index is 15.7. The molecule has 17 bridgehead atoms. The van der Waals surface area contributed by atoms with Crippen LogP contribution in [0.15, 0.2) is 115 Å². The molecule has 26 nitrogen and oxygen atoms in total. The molecule has 8 atom stereocenters. The number of rotatable bonds is 2. The lowest BCUT2D eigenvalue weighted by Gasteiger charge is -2.31. The average molecular weight is 1240 g/mol. The van der Waals surface area contributed by atoms with Gasteiger partial charge in [0.25, 0.3) is 0 Å². The molecule has 16 N–H and O–H groups in total. The van der Waals surface area contributed by atoms with E-state index in [1.165, 1.54) is 54.6 Å². The first-order chi connectivity index (χ1) is 42.0. The molecule has 8 unspecified atom stereocenters. The number of benzene rings is 7. The van der Waals surface area contributed by atoms with Crippen LogP contribution in [0.4, 0.5) is 0 Å². The number of aromatic hydroxyl groups is 6. The predicted molar refractivity (Wildman–Crippen MR) is 306 cm³/mol. The molecule has 0 saturated carbocycles. The van der Waals surface area contributed by atoms with Crippen LogP contribution in [0.1, 0.15) is 75.3 Å². The average Bonchev–Trinajstić information content (AvgIpc) is 2.26. The summed E-state index contributed by atoms with van der Waals surface area (Å²) in [5.41, 5.74) is -1.86. The third-order valence-electron chi connectivity index (χ3n) is 14.9. The summed E-state index contributed by atoms with van der Waals surface area (Å²) in [6.45, 7) is -1.07. The van der Waals surface area contributed by atoms with Gasteiger partial charge in [-0.25, -0.2) is 4.79 Å². The van der Waals surface area contributed by atoms with Crippen LogP contribution in [0.2, 0.25) is 10.0 Å². The molecule has 6 heterocycles. The van der Waals surface area contributed by atoms with Crippen LogP contribution in [0, 0.1) is 0 Å². The van der Waals surface area contributed by atoms with E-state index in [-0.39, 0.29) is 61.7 Å². The number of fused-ring (bicyclic) bond motifs is 14. The fourth-order valence-electron chi connectivity index (χ4n) is 10.6. The van der Waals surface area contributed by atoms with Gasteiger partial charge in [0.15, 0.2) is 29.0 Å². The first-order valence-electron chi connectivity index (χ1n) is 26.6. The molecule has 6 amide bonds. The zero-order chi connectivity index (χ0) is 62.6. The number of halogens is 2. The fourth-order valence-corrected chi connectivity index (χ4v) is 11.1. The van der Waals surface area contributed by atoms with E-state index in [0.717, 1.165) is 60.7 Å². The highest BCUT2D eigenvalue weighted by Crippen LogP contribution is 2.48. The molecule has 0 radical (unpaired) electrons. The molecule has 6 aliphatic heterocycles. The molecule has 6 aliphatic rings. The Kier molecular flexibility index (Phi) is 16.0. The standard InChI is InChI=1S/C60H49Cl2N7O19/c61-34-9-23-1-7-41(34)87-44-16-28-17-45(54(44)78)88-42-8-4-26(14-35(42)62)53(77)52-59(83)68-51(60(84)85)33-19-30(72)20-40(75)47(33)32-13-25(3-5-38(32)73)48(56(80)69-52)66-58(82)50(28)67-57(81)49-27-11-29(71)18-31(12-27)86-43-15-24(2-6-39(43)74)37(22-70)63-21-46(76)64-36(10-23)55(79)65-49/h1-9,11-20,36-37,48-53,63,70-75,77-78H,10,21-22H2,(H,64,76)(H,65,79)(H,66,82)(H,67,81)(H,68,83)(H,69,80)(H,84,85). The highest BCUT2D eigenvalue weighted by molar-refractivity contribution is 6.32. The number of aliphatic hydroxyl groups is 2. The second kappa shape index (κ2) is 23.7. The first kappa shape index (κ1) is 59.2. The van der Waals surface area contributed by atoms with Crippen molar-refractivity contribution in [3.8, 4) is 80.1 Å². The van der Waals surface area contributed by atoms with Crippen LogP contribution in [0.3, 0.4) is 0 Å². The number of carboxylic acids is 1. The summed E-state index contributed by atoms with van der Waals surface area (Å²) in [6, 6.07) is 8.92. The molecule has 0 saturated heterocycles. The summed E-state index contributed by atoms with van der Waals surface area (Å²) in [7, 11) is 0. The van der Waals surface area contributed by atoms with Crippen molar-refractivity contribution in [2.24, 2.45) is 0 Å². The lowest BCUT2D eigenvalue weighted by atomic mass is 9.89. The van der Waals surface area contributed by atoms with E-state index in [2.05, 4.69) is 37.2 Å². The topological polar surface area (TPSA) is 413 Å². The van der Waals surface area contributed by atoms with Gasteiger partial charge in [-0.3, -0.25) is 34.1 Å². The van der Waals surface area contributed by atoms with Crippen LogP contribution >= 0.6 is 23.2 Å². The van der Waals surface area contributed by atoms with Crippen molar-refractivity contribution < 1.29 is 93.7 Å². The molecule has 0 spiro atoms. The van der Waals surface area contributed by atoms with E-state index in [1.807, 2.05) is 0 Å². The smallest absolute Gasteiger partial charge is 0.330 e. The van der Waals surface area contributed by atoms with Crippen molar-refractivity contribution in [2.45, 2.75) is 54.8 Å². The lowest BCUT2D eigenvalue weighted by Crippen LogP contribution is -2.55. The number of carbonyl (C=O) groups excluding carboxylic acids is 6. The largest absolute Gasteiger partial charge is 0.508 e. The predicted octanol–water partition coefficient (Wildman–Crippen LogP) is 4.61. The summed E-state index contributed by atoms with van der Waals surface area (Å²) >= 11 is 13.7. The molecule has 0 fully saturated rings. The van der Waals surface area contributed by atoms with Crippen LogP contribution in [0.5, 0.6) is 69.0 Å². The number of carbonyl (C=O) groups is 7. The minimum absolute atomic E-state index is 0.128. The molecule has 0 aromatic heterocycles. The molecular formula is C60H49Cl2N7O19. The molecule has 7 aromatic rings. The third kappa shape index (κ3) is 11.8. The number of aliphatic carboxylic acids is 1. The van der Waals surface area contributed by atoms with Crippen LogP contribution in [-0.4, -0.2) is 113 Å². The number of aliphatic hydroxyl groups excluding tert-OH is 2. The van der Waals surface area contributed by atoms with Gasteiger partial charge in [-0.2, -0.15) is 0 Å². The lowest BCUT2D eigenvalue weighted by molar-refractivity contribution is -0.143. The van der Waals surface area contributed by atoms with Gasteiger partial charge in [0, 0.05) is 35.2 Å². The quantitative estimate of drug-likeness (QED) is 0.112. The van der Waals surface area contributed by atoms with E-state index in [0.29, 0.717) is 11.1 Å². The van der Waals surface area contributed by atoms with Gasteiger partial charge in [0.05, 0.1) is 29.2 Å². The number of carboxylic acid groups (broad SMARTS) is 1. The Morgan fingerprint density at radius 2 is 1.11 bits per heavy atom. The zero-order valence-corrected chi connectivity index (χ0v) is 46.6. The van der Waals surface area contributed by atoms with E-state index in [4.69, 9.17) is 37.4 Å². The highest BCUT2D eigenvalue weighted by atomic mass is 35.5. The van der Waals surface area contributed by atoms with Gasteiger partial charge in [-0.15, -0.1) is 0 Å². The summed E-state index contributed by atoms with van der Waals surface area (Å²) in [5.74, 6) is -14.8. The van der Waals surface area contributed by atoms with E-state index in [1.54, 1.807) is 0 Å². The molecule has 28 heteroatoms. The van der Waals surface area contributed by atoms with Crippen molar-refractivity contribution in [1.29, 1.82) is 0 Å². The molecular weight excluding hydrogens is 1190 g/mol. The number of hydrogen-bond donors (Lipinski definition) is 16. The maximum Gasteiger partial charge on any atom is 0.330 e. The number of nitrogens with one attached hydrogen (secondary N) is 7. The Hall–Kier alpha value is -10.5. The normalized spacial score (nSPS) is 22.0.